The van der Waals surface area contributed by atoms with E-state index in [0.717, 1.165) is 10.5 Å². The maximum absolute atomic E-state index is 12.9. The van der Waals surface area contributed by atoms with Gasteiger partial charge in [-0.15, -0.1) is 0 Å². The molecule has 5 N–H and O–H groups in total. The summed E-state index contributed by atoms with van der Waals surface area (Å²) in [4.78, 5) is 102. The van der Waals surface area contributed by atoms with Gasteiger partial charge in [0.25, 0.3) is 11.8 Å². The van der Waals surface area contributed by atoms with Crippen molar-refractivity contribution in [2.75, 3.05) is 112 Å². The number of imide groups is 1. The van der Waals surface area contributed by atoms with Crippen LogP contribution in [0.25, 0.3) is 0 Å². The second kappa shape index (κ2) is 26.6. The van der Waals surface area contributed by atoms with Crippen LogP contribution < -0.4 is 21.3 Å². The molecule has 20 heteroatoms. The number of carbonyl (C=O) groups is 8. The first-order valence-corrected chi connectivity index (χ1v) is 18.7. The van der Waals surface area contributed by atoms with Gasteiger partial charge in [0.2, 0.25) is 29.5 Å². The highest BCUT2D eigenvalue weighted by molar-refractivity contribution is 6.12. The Labute approximate surface area is 330 Å². The van der Waals surface area contributed by atoms with Crippen LogP contribution in [0.15, 0.2) is 42.5 Å². The number of carboxylic acid groups (broad SMARTS) is 1. The molecule has 1 saturated heterocycles. The molecule has 0 spiro atoms. The lowest BCUT2D eigenvalue weighted by Gasteiger charge is -2.24. The largest absolute Gasteiger partial charge is 0.480 e. The van der Waals surface area contributed by atoms with Crippen LogP contribution in [-0.4, -0.2) is 185 Å². The minimum atomic E-state index is -1.24. The number of amides is 7. The molecule has 0 unspecified atom stereocenters. The molecular weight excluding hydrogens is 750 g/mol. The van der Waals surface area contributed by atoms with Crippen molar-refractivity contribution in [2.24, 2.45) is 0 Å². The highest BCUT2D eigenvalue weighted by atomic mass is 16.5. The van der Waals surface area contributed by atoms with E-state index >= 15 is 0 Å². The van der Waals surface area contributed by atoms with E-state index in [1.54, 1.807) is 40.1 Å². The van der Waals surface area contributed by atoms with E-state index in [1.165, 1.54) is 12.2 Å². The molecule has 0 bridgehead atoms. The smallest absolute Gasteiger partial charge is 0.322 e. The molecule has 1 aromatic carbocycles. The van der Waals surface area contributed by atoms with Crippen molar-refractivity contribution < 1.29 is 62.4 Å². The molecule has 1 fully saturated rings. The maximum atomic E-state index is 12.9. The summed E-state index contributed by atoms with van der Waals surface area (Å²) < 4.78 is 22.7. The Hall–Kier alpha value is -5.28. The minimum Gasteiger partial charge on any atom is -0.480 e. The van der Waals surface area contributed by atoms with Crippen molar-refractivity contribution in [3.63, 3.8) is 0 Å². The van der Waals surface area contributed by atoms with E-state index in [2.05, 4.69) is 21.3 Å². The average molecular weight is 804 g/mol. The predicted octanol–water partition coefficient (Wildman–Crippen LogP) is -2.94. The number of aliphatic carboxylic acids is 1. The Bertz CT molecular complexity index is 1490. The van der Waals surface area contributed by atoms with Crippen molar-refractivity contribution >= 4 is 47.3 Å². The molecule has 2 aliphatic rings. The van der Waals surface area contributed by atoms with Gasteiger partial charge in [0.15, 0.2) is 0 Å². The van der Waals surface area contributed by atoms with E-state index in [1.807, 2.05) is 0 Å². The topological polar surface area (TPSA) is 252 Å². The fourth-order valence-electron chi connectivity index (χ4n) is 5.48. The number of carboxylic acids is 1. The van der Waals surface area contributed by atoms with Crippen molar-refractivity contribution in [3.05, 3.63) is 48.0 Å². The maximum Gasteiger partial charge on any atom is 0.322 e. The molecule has 0 aliphatic carbocycles. The van der Waals surface area contributed by atoms with E-state index in [-0.39, 0.29) is 96.5 Å². The number of nitrogens with zero attached hydrogens (tertiary/aromatic N) is 3. The molecular formula is C37H53N7O13. The lowest BCUT2D eigenvalue weighted by molar-refractivity contribution is -0.139. The van der Waals surface area contributed by atoms with Gasteiger partial charge in [0.05, 0.1) is 72.5 Å². The number of hydrogen-bond donors (Lipinski definition) is 5. The molecule has 0 aromatic heterocycles. The van der Waals surface area contributed by atoms with Crippen LogP contribution in [0.2, 0.25) is 0 Å². The summed E-state index contributed by atoms with van der Waals surface area (Å²) in [7, 11) is 0. The van der Waals surface area contributed by atoms with Crippen molar-refractivity contribution in [1.82, 2.24) is 36.0 Å². The van der Waals surface area contributed by atoms with Gasteiger partial charge in [-0.2, -0.15) is 0 Å². The standard InChI is InChI=1S/C37H53N7O13/c45-30(38-25-31(46)41-29(37(53)40-26-36(51)52)23-28-5-2-1-3-6-28)24-39-32(47)27-42-11-15-54-19-21-56-17-13-43(14-18-57-22-20-55-16-12-42)33(48)7-4-10-44-34(49)8-9-35(44)50/h1-3,5-6,8-9,29H,4,7,10-27H2,(H,38,45)(H,39,47)(H,40,53)(H,41,46)(H,51,52)/t29-/m0/s1. The molecule has 0 radical (unpaired) electrons. The van der Waals surface area contributed by atoms with Crippen LogP contribution in [-0.2, 0) is 63.7 Å². The van der Waals surface area contributed by atoms with Gasteiger partial charge < -0.3 is 50.2 Å². The molecule has 1 aromatic rings. The Kier molecular flexibility index (Phi) is 21.5. The predicted molar refractivity (Wildman–Crippen MR) is 200 cm³/mol. The highest BCUT2D eigenvalue weighted by Gasteiger charge is 2.24. The van der Waals surface area contributed by atoms with Gasteiger partial charge >= 0.3 is 5.97 Å². The molecule has 57 heavy (non-hydrogen) atoms. The molecule has 314 valence electrons. The van der Waals surface area contributed by atoms with Gasteiger partial charge in [-0.25, -0.2) is 0 Å². The van der Waals surface area contributed by atoms with Crippen molar-refractivity contribution in [2.45, 2.75) is 25.3 Å². The number of hydrogen-bond acceptors (Lipinski definition) is 13. The summed E-state index contributed by atoms with van der Waals surface area (Å²) in [5.74, 6) is -4.62. The molecule has 20 nitrogen and oxygen atoms in total. The van der Waals surface area contributed by atoms with Crippen LogP contribution in [0, 0.1) is 0 Å². The first-order valence-electron chi connectivity index (χ1n) is 18.7. The van der Waals surface area contributed by atoms with Crippen LogP contribution in [0.3, 0.4) is 0 Å². The molecule has 0 saturated carbocycles. The third kappa shape index (κ3) is 19.4. The Balaban J connectivity index is 1.36. The van der Waals surface area contributed by atoms with E-state index in [4.69, 9.17) is 24.1 Å². The van der Waals surface area contributed by atoms with Crippen LogP contribution in [0.5, 0.6) is 0 Å². The van der Waals surface area contributed by atoms with Crippen molar-refractivity contribution in [3.8, 4) is 0 Å². The van der Waals surface area contributed by atoms with Gasteiger partial charge in [-0.3, -0.25) is 48.2 Å². The zero-order valence-electron chi connectivity index (χ0n) is 31.9. The third-order valence-corrected chi connectivity index (χ3v) is 8.49. The first kappa shape index (κ1) is 46.1. The third-order valence-electron chi connectivity index (χ3n) is 8.49. The number of rotatable bonds is 16. The summed E-state index contributed by atoms with van der Waals surface area (Å²) >= 11 is 0. The second-order valence-electron chi connectivity index (χ2n) is 12.8. The van der Waals surface area contributed by atoms with Gasteiger partial charge in [0.1, 0.15) is 12.6 Å². The van der Waals surface area contributed by atoms with E-state index < -0.39 is 55.3 Å². The molecule has 1 atom stereocenters. The zero-order valence-corrected chi connectivity index (χ0v) is 31.9. The molecule has 3 rings (SSSR count). The Morgan fingerprint density at radius 1 is 0.667 bits per heavy atom. The molecule has 7 amide bonds. The summed E-state index contributed by atoms with van der Waals surface area (Å²) in [6.07, 6.45) is 3.01. The summed E-state index contributed by atoms with van der Waals surface area (Å²) in [5.41, 5.74) is 0.728. The quantitative estimate of drug-likeness (QED) is 0.105. The van der Waals surface area contributed by atoms with Gasteiger partial charge in [-0.05, 0) is 12.0 Å². The fraction of sp³-hybridized carbons (Fsp3) is 0.568. The van der Waals surface area contributed by atoms with E-state index in [0.29, 0.717) is 32.6 Å². The number of nitrogens with one attached hydrogen (secondary N) is 4. The Morgan fingerprint density at radius 3 is 1.79 bits per heavy atom. The number of carbonyl (C=O) groups excluding carboxylic acids is 7. The molecule has 2 heterocycles. The number of benzene rings is 1. The lowest BCUT2D eigenvalue weighted by atomic mass is 10.1. The monoisotopic (exact) mass is 803 g/mol. The SMILES string of the molecule is O=C(O)CNC(=O)[C@H](Cc1ccccc1)NC(=O)CNC(=O)CNC(=O)CN1CCOCCOCCN(C(=O)CCCN2C(=O)C=CC2=O)CCOCCOCC1. The highest BCUT2D eigenvalue weighted by Crippen LogP contribution is 2.08. The van der Waals surface area contributed by atoms with Crippen LogP contribution in [0.1, 0.15) is 18.4 Å². The number of ether oxygens (including phenoxy) is 4. The fourth-order valence-corrected chi connectivity index (χ4v) is 5.48. The minimum absolute atomic E-state index is 0.0640. The van der Waals surface area contributed by atoms with Gasteiger partial charge in [0, 0.05) is 57.7 Å². The zero-order chi connectivity index (χ0) is 41.3. The second-order valence-corrected chi connectivity index (χ2v) is 12.8. The normalized spacial score (nSPS) is 17.2. The van der Waals surface area contributed by atoms with Gasteiger partial charge in [-0.1, -0.05) is 30.3 Å². The summed E-state index contributed by atoms with van der Waals surface area (Å²) in [6, 6.07) is 7.72. The summed E-state index contributed by atoms with van der Waals surface area (Å²) in [5, 5.41) is 18.6. The van der Waals surface area contributed by atoms with Crippen molar-refractivity contribution in [1.29, 1.82) is 0 Å². The lowest BCUT2D eigenvalue weighted by Crippen LogP contribution is -2.52. The Morgan fingerprint density at radius 2 is 1.21 bits per heavy atom. The van der Waals surface area contributed by atoms with Crippen LogP contribution in [0.4, 0.5) is 0 Å². The first-order chi connectivity index (χ1) is 27.5. The van der Waals surface area contributed by atoms with E-state index in [9.17, 15) is 38.4 Å². The molecule has 2 aliphatic heterocycles. The van der Waals surface area contributed by atoms with Crippen LogP contribution >= 0.6 is 0 Å². The average Bonchev–Trinajstić information content (AvgIpc) is 3.51. The summed E-state index contributed by atoms with van der Waals surface area (Å²) in [6.45, 7) is 2.12.